The minimum Gasteiger partial charge on any atom is -0.508 e. The largest absolute Gasteiger partial charge is 0.508 e. The third-order valence-corrected chi connectivity index (χ3v) is 1.96. The van der Waals surface area contributed by atoms with E-state index in [1.165, 1.54) is 12.1 Å². The highest BCUT2D eigenvalue weighted by molar-refractivity contribution is 7.87. The zero-order valence-electron chi connectivity index (χ0n) is 6.77. The van der Waals surface area contributed by atoms with Crippen molar-refractivity contribution in [2.24, 2.45) is 5.14 Å². The molecule has 0 aliphatic heterocycles. The first kappa shape index (κ1) is 9.97. The van der Waals surface area contributed by atoms with Crippen LogP contribution < -0.4 is 9.86 Å². The lowest BCUT2D eigenvalue weighted by atomic mass is 10.2. The Morgan fingerprint density at radius 3 is 2.31 bits per heavy atom. The van der Waals surface area contributed by atoms with E-state index in [4.69, 9.17) is 10.2 Å². The molecule has 0 fully saturated rings. The molecule has 0 bridgehead atoms. The molecule has 0 atom stereocenters. The Bertz CT molecular complexity index is 371. The summed E-state index contributed by atoms with van der Waals surface area (Å²) >= 11 is 0. The summed E-state index contributed by atoms with van der Waals surface area (Å²) in [5.74, 6) is 0.138. The standard InChI is InChI=1S/C7H10N2O3S/c8-13(11,12)9-5-6-1-3-7(10)4-2-6/h1-4,9-10H,5H2,(H2,8,11,12). The van der Waals surface area contributed by atoms with E-state index in [0.717, 1.165) is 5.56 Å². The van der Waals surface area contributed by atoms with Gasteiger partial charge in [0, 0.05) is 6.54 Å². The topological polar surface area (TPSA) is 92.4 Å². The number of aromatic hydroxyl groups is 1. The Morgan fingerprint density at radius 1 is 1.31 bits per heavy atom. The maximum absolute atomic E-state index is 10.5. The summed E-state index contributed by atoms with van der Waals surface area (Å²) in [7, 11) is -3.64. The van der Waals surface area contributed by atoms with Crippen molar-refractivity contribution in [1.82, 2.24) is 4.72 Å². The number of phenolic OH excluding ortho intramolecular Hbond substituents is 1. The van der Waals surface area contributed by atoms with Crippen LogP contribution in [-0.2, 0) is 16.8 Å². The van der Waals surface area contributed by atoms with Crippen LogP contribution in [-0.4, -0.2) is 13.5 Å². The zero-order chi connectivity index (χ0) is 9.90. The summed E-state index contributed by atoms with van der Waals surface area (Å²) in [6, 6.07) is 6.15. The van der Waals surface area contributed by atoms with E-state index in [1.807, 2.05) is 0 Å². The summed E-state index contributed by atoms with van der Waals surface area (Å²) in [6.45, 7) is 0.124. The van der Waals surface area contributed by atoms with Crippen molar-refractivity contribution >= 4 is 10.2 Å². The van der Waals surface area contributed by atoms with Gasteiger partial charge in [-0.2, -0.15) is 13.1 Å². The van der Waals surface area contributed by atoms with Gasteiger partial charge < -0.3 is 5.11 Å². The molecule has 13 heavy (non-hydrogen) atoms. The average Bonchev–Trinajstić information content (AvgIpc) is 2.02. The molecule has 0 amide bonds. The van der Waals surface area contributed by atoms with Crippen molar-refractivity contribution in [3.05, 3.63) is 29.8 Å². The van der Waals surface area contributed by atoms with Gasteiger partial charge in [0.05, 0.1) is 0 Å². The SMILES string of the molecule is NS(=O)(=O)NCc1ccc(O)cc1. The van der Waals surface area contributed by atoms with E-state index in [9.17, 15) is 8.42 Å². The molecule has 72 valence electrons. The minimum atomic E-state index is -3.64. The van der Waals surface area contributed by atoms with Crippen LogP contribution in [0.5, 0.6) is 5.75 Å². The molecule has 0 aliphatic carbocycles. The highest BCUT2D eigenvalue weighted by Gasteiger charge is 2.00. The molecule has 4 N–H and O–H groups in total. The van der Waals surface area contributed by atoms with Crippen LogP contribution in [0.4, 0.5) is 0 Å². The first-order valence-electron chi connectivity index (χ1n) is 3.53. The molecule has 5 nitrogen and oxygen atoms in total. The second-order valence-electron chi connectivity index (χ2n) is 2.53. The van der Waals surface area contributed by atoms with E-state index >= 15 is 0 Å². The summed E-state index contributed by atoms with van der Waals surface area (Å²) in [6.07, 6.45) is 0. The second kappa shape index (κ2) is 3.73. The molecule has 0 heterocycles. The van der Waals surface area contributed by atoms with Gasteiger partial charge in [-0.05, 0) is 17.7 Å². The van der Waals surface area contributed by atoms with Crippen molar-refractivity contribution in [3.63, 3.8) is 0 Å². The molecule has 0 saturated heterocycles. The summed E-state index contributed by atoms with van der Waals surface area (Å²) in [5, 5.41) is 13.6. The van der Waals surface area contributed by atoms with Gasteiger partial charge in [-0.1, -0.05) is 12.1 Å². The van der Waals surface area contributed by atoms with Crippen LogP contribution in [0.3, 0.4) is 0 Å². The van der Waals surface area contributed by atoms with Crippen LogP contribution in [0, 0.1) is 0 Å². The van der Waals surface area contributed by atoms with Crippen LogP contribution in [0.15, 0.2) is 24.3 Å². The highest BCUT2D eigenvalue weighted by atomic mass is 32.2. The Hall–Kier alpha value is -1.11. The average molecular weight is 202 g/mol. The van der Waals surface area contributed by atoms with E-state index in [1.54, 1.807) is 12.1 Å². The Balaban J connectivity index is 2.61. The monoisotopic (exact) mass is 202 g/mol. The quantitative estimate of drug-likeness (QED) is 0.627. The lowest BCUT2D eigenvalue weighted by Gasteiger charge is -2.01. The van der Waals surface area contributed by atoms with E-state index < -0.39 is 10.2 Å². The molecule has 1 rings (SSSR count). The first-order chi connectivity index (χ1) is 5.97. The fraction of sp³-hybridized carbons (Fsp3) is 0.143. The molecule has 0 spiro atoms. The summed E-state index contributed by atoms with van der Waals surface area (Å²) in [4.78, 5) is 0. The summed E-state index contributed by atoms with van der Waals surface area (Å²) < 4.78 is 23.1. The van der Waals surface area contributed by atoms with Gasteiger partial charge in [0.15, 0.2) is 0 Å². The number of hydrogen-bond donors (Lipinski definition) is 3. The number of nitrogens with one attached hydrogen (secondary N) is 1. The molecule has 0 saturated carbocycles. The van der Waals surface area contributed by atoms with Crippen LogP contribution in [0.25, 0.3) is 0 Å². The van der Waals surface area contributed by atoms with Crippen LogP contribution in [0.1, 0.15) is 5.56 Å². The molecule has 0 aromatic heterocycles. The van der Waals surface area contributed by atoms with Gasteiger partial charge in [0.2, 0.25) is 0 Å². The van der Waals surface area contributed by atoms with Gasteiger partial charge in [-0.3, -0.25) is 0 Å². The predicted octanol–water partition coefficient (Wildman–Crippen LogP) is -0.315. The summed E-state index contributed by atoms with van der Waals surface area (Å²) in [5.41, 5.74) is 0.729. The zero-order valence-corrected chi connectivity index (χ0v) is 7.58. The number of nitrogens with two attached hydrogens (primary N) is 1. The third kappa shape index (κ3) is 3.88. The van der Waals surface area contributed by atoms with Gasteiger partial charge in [0.1, 0.15) is 5.75 Å². The number of benzene rings is 1. The number of rotatable bonds is 3. The molecule has 1 aromatic rings. The molecule has 0 aliphatic rings. The maximum atomic E-state index is 10.5. The van der Waals surface area contributed by atoms with Gasteiger partial charge in [-0.15, -0.1) is 0 Å². The van der Waals surface area contributed by atoms with Crippen LogP contribution in [0.2, 0.25) is 0 Å². The molecular formula is C7H10N2O3S. The number of hydrogen-bond acceptors (Lipinski definition) is 3. The van der Waals surface area contributed by atoms with E-state index in [0.29, 0.717) is 0 Å². The molecule has 0 unspecified atom stereocenters. The fourth-order valence-corrected chi connectivity index (χ4v) is 1.17. The molecular weight excluding hydrogens is 192 g/mol. The number of phenols is 1. The maximum Gasteiger partial charge on any atom is 0.274 e. The first-order valence-corrected chi connectivity index (χ1v) is 5.07. The smallest absolute Gasteiger partial charge is 0.274 e. The Kier molecular flexibility index (Phi) is 2.86. The Morgan fingerprint density at radius 2 is 1.85 bits per heavy atom. The van der Waals surface area contributed by atoms with Gasteiger partial charge in [-0.25, -0.2) is 5.14 Å². The minimum absolute atomic E-state index is 0.124. The van der Waals surface area contributed by atoms with Crippen LogP contribution >= 0.6 is 0 Å². The van der Waals surface area contributed by atoms with Crippen molar-refractivity contribution in [2.75, 3.05) is 0 Å². The normalized spacial score (nSPS) is 11.5. The van der Waals surface area contributed by atoms with E-state index in [2.05, 4.69) is 4.72 Å². The molecule has 6 heteroatoms. The van der Waals surface area contributed by atoms with Crippen molar-refractivity contribution in [3.8, 4) is 5.75 Å². The van der Waals surface area contributed by atoms with Gasteiger partial charge in [0.25, 0.3) is 10.2 Å². The second-order valence-corrected chi connectivity index (χ2v) is 3.91. The predicted molar refractivity (Wildman–Crippen MR) is 48.1 cm³/mol. The van der Waals surface area contributed by atoms with Gasteiger partial charge >= 0.3 is 0 Å². The van der Waals surface area contributed by atoms with Crippen molar-refractivity contribution in [1.29, 1.82) is 0 Å². The highest BCUT2D eigenvalue weighted by Crippen LogP contribution is 2.08. The third-order valence-electron chi connectivity index (χ3n) is 1.41. The Labute approximate surface area is 76.4 Å². The van der Waals surface area contributed by atoms with Crippen molar-refractivity contribution in [2.45, 2.75) is 6.54 Å². The lowest BCUT2D eigenvalue weighted by molar-refractivity contribution is 0.475. The lowest BCUT2D eigenvalue weighted by Crippen LogP contribution is -2.30. The van der Waals surface area contributed by atoms with E-state index in [-0.39, 0.29) is 12.3 Å². The fourth-order valence-electron chi connectivity index (χ4n) is 0.798. The molecule has 1 aromatic carbocycles. The van der Waals surface area contributed by atoms with Crippen molar-refractivity contribution < 1.29 is 13.5 Å². The molecule has 0 radical (unpaired) electrons.